The van der Waals surface area contributed by atoms with Gasteiger partial charge in [-0.2, -0.15) is 0 Å². The van der Waals surface area contributed by atoms with E-state index in [1.165, 1.54) is 19.3 Å². The van der Waals surface area contributed by atoms with E-state index in [4.69, 9.17) is 23.2 Å². The van der Waals surface area contributed by atoms with Gasteiger partial charge in [0.1, 0.15) is 0 Å². The molecule has 1 aromatic carbocycles. The average molecular weight is 370 g/mol. The molecule has 0 bridgehead atoms. The Morgan fingerprint density at radius 2 is 1.67 bits per heavy atom. The molecule has 1 saturated carbocycles. The highest BCUT2D eigenvalue weighted by Gasteiger charge is 2.24. The van der Waals surface area contributed by atoms with Gasteiger partial charge in [0.25, 0.3) is 0 Å². The number of carbonyl (C=O) groups is 1. The minimum atomic E-state index is 0.0947. The molecule has 0 radical (unpaired) electrons. The average Bonchev–Trinajstić information content (AvgIpc) is 2.60. The number of rotatable bonds is 3. The summed E-state index contributed by atoms with van der Waals surface area (Å²) in [5.74, 6) is 0. The fourth-order valence-electron chi connectivity index (χ4n) is 3.53. The van der Waals surface area contributed by atoms with Crippen LogP contribution in [0.2, 0.25) is 10.0 Å². The maximum atomic E-state index is 12.4. The molecular weight excluding hydrogens is 345 g/mol. The number of benzene rings is 1. The summed E-state index contributed by atoms with van der Waals surface area (Å²) in [5.41, 5.74) is 0.973. The van der Waals surface area contributed by atoms with Crippen LogP contribution in [0.15, 0.2) is 18.2 Å². The van der Waals surface area contributed by atoms with Crippen molar-refractivity contribution < 1.29 is 4.79 Å². The zero-order valence-corrected chi connectivity index (χ0v) is 15.5. The highest BCUT2D eigenvalue weighted by Crippen LogP contribution is 2.26. The predicted molar refractivity (Wildman–Crippen MR) is 98.7 cm³/mol. The molecule has 0 aromatic heterocycles. The van der Waals surface area contributed by atoms with Crippen molar-refractivity contribution in [2.24, 2.45) is 0 Å². The maximum absolute atomic E-state index is 12.4. The van der Waals surface area contributed by atoms with Gasteiger partial charge in [0.15, 0.2) is 0 Å². The van der Waals surface area contributed by atoms with Crippen molar-refractivity contribution in [2.45, 2.75) is 44.7 Å². The van der Waals surface area contributed by atoms with Crippen molar-refractivity contribution >= 4 is 29.2 Å². The van der Waals surface area contributed by atoms with Gasteiger partial charge in [-0.1, -0.05) is 48.5 Å². The number of hydrogen-bond acceptors (Lipinski definition) is 2. The van der Waals surface area contributed by atoms with E-state index in [-0.39, 0.29) is 6.03 Å². The Morgan fingerprint density at radius 3 is 2.29 bits per heavy atom. The summed E-state index contributed by atoms with van der Waals surface area (Å²) in [6.07, 6.45) is 6.01. The molecule has 4 nitrogen and oxygen atoms in total. The third kappa shape index (κ3) is 4.56. The summed E-state index contributed by atoms with van der Waals surface area (Å²) >= 11 is 12.5. The van der Waals surface area contributed by atoms with Crippen LogP contribution in [-0.2, 0) is 6.54 Å². The van der Waals surface area contributed by atoms with Crippen LogP contribution in [0.4, 0.5) is 4.79 Å². The minimum Gasteiger partial charge on any atom is -0.335 e. The molecule has 2 amide bonds. The van der Waals surface area contributed by atoms with Crippen molar-refractivity contribution in [1.29, 1.82) is 0 Å². The molecule has 1 aliphatic carbocycles. The summed E-state index contributed by atoms with van der Waals surface area (Å²) in [5, 5.41) is 4.61. The second-order valence-electron chi connectivity index (χ2n) is 6.75. The molecule has 0 atom stereocenters. The largest absolute Gasteiger partial charge is 0.335 e. The van der Waals surface area contributed by atoms with E-state index in [1.54, 1.807) is 0 Å². The SMILES string of the molecule is O=C(NC1CCCCC1)N1CCN(Cc2c(Cl)cccc2Cl)CC1. The topological polar surface area (TPSA) is 35.6 Å². The predicted octanol–water partition coefficient (Wildman–Crippen LogP) is 4.15. The molecule has 0 spiro atoms. The quantitative estimate of drug-likeness (QED) is 0.868. The fraction of sp³-hybridized carbons (Fsp3) is 0.611. The monoisotopic (exact) mass is 369 g/mol. The second-order valence-corrected chi connectivity index (χ2v) is 7.56. The van der Waals surface area contributed by atoms with Crippen LogP contribution in [0, 0.1) is 0 Å². The number of carbonyl (C=O) groups excluding carboxylic acids is 1. The first-order chi connectivity index (χ1) is 11.6. The molecule has 1 saturated heterocycles. The second kappa shape index (κ2) is 8.41. The molecule has 0 unspecified atom stereocenters. The Balaban J connectivity index is 1.47. The lowest BCUT2D eigenvalue weighted by Crippen LogP contribution is -2.53. The Kier molecular flexibility index (Phi) is 6.25. The van der Waals surface area contributed by atoms with Crippen LogP contribution in [0.5, 0.6) is 0 Å². The first kappa shape index (κ1) is 17.8. The van der Waals surface area contributed by atoms with Gasteiger partial charge in [0.05, 0.1) is 0 Å². The smallest absolute Gasteiger partial charge is 0.317 e. The molecular formula is C18H25Cl2N3O. The highest BCUT2D eigenvalue weighted by molar-refractivity contribution is 6.35. The third-order valence-electron chi connectivity index (χ3n) is 5.04. The zero-order valence-electron chi connectivity index (χ0n) is 13.9. The maximum Gasteiger partial charge on any atom is 0.317 e. The summed E-state index contributed by atoms with van der Waals surface area (Å²) < 4.78 is 0. The van der Waals surface area contributed by atoms with Gasteiger partial charge < -0.3 is 10.2 Å². The summed E-state index contributed by atoms with van der Waals surface area (Å²) in [7, 11) is 0. The van der Waals surface area contributed by atoms with Crippen molar-refractivity contribution in [3.8, 4) is 0 Å². The normalized spacial score (nSPS) is 20.2. The number of halogens is 2. The molecule has 3 rings (SSSR count). The Morgan fingerprint density at radius 1 is 1.04 bits per heavy atom. The molecule has 1 N–H and O–H groups in total. The van der Waals surface area contributed by atoms with E-state index in [9.17, 15) is 4.79 Å². The molecule has 2 fully saturated rings. The van der Waals surface area contributed by atoms with Crippen molar-refractivity contribution in [2.75, 3.05) is 26.2 Å². The van der Waals surface area contributed by atoms with Gasteiger partial charge in [0, 0.05) is 54.4 Å². The van der Waals surface area contributed by atoms with E-state index in [2.05, 4.69) is 10.2 Å². The zero-order chi connectivity index (χ0) is 16.9. The summed E-state index contributed by atoms with van der Waals surface area (Å²) in [6, 6.07) is 6.07. The lowest BCUT2D eigenvalue weighted by atomic mass is 9.96. The van der Waals surface area contributed by atoms with Gasteiger partial charge >= 0.3 is 6.03 Å². The van der Waals surface area contributed by atoms with Crippen LogP contribution >= 0.6 is 23.2 Å². The first-order valence-corrected chi connectivity index (χ1v) is 9.60. The van der Waals surface area contributed by atoms with E-state index < -0.39 is 0 Å². The van der Waals surface area contributed by atoms with Crippen LogP contribution < -0.4 is 5.32 Å². The summed E-state index contributed by atoms with van der Waals surface area (Å²) in [4.78, 5) is 16.6. The van der Waals surface area contributed by atoms with Crippen LogP contribution in [0.3, 0.4) is 0 Å². The molecule has 2 aliphatic rings. The Labute approximate surface area is 154 Å². The summed E-state index contributed by atoms with van der Waals surface area (Å²) in [6.45, 7) is 3.93. The van der Waals surface area contributed by atoms with Gasteiger partial charge in [-0.3, -0.25) is 4.90 Å². The number of amides is 2. The minimum absolute atomic E-state index is 0.0947. The Bertz CT molecular complexity index is 547. The molecule has 132 valence electrons. The van der Waals surface area contributed by atoms with E-state index in [0.29, 0.717) is 16.1 Å². The van der Waals surface area contributed by atoms with Crippen LogP contribution in [-0.4, -0.2) is 48.1 Å². The number of nitrogens with one attached hydrogen (secondary N) is 1. The van der Waals surface area contributed by atoms with E-state index in [0.717, 1.165) is 51.1 Å². The first-order valence-electron chi connectivity index (χ1n) is 8.84. The van der Waals surface area contributed by atoms with Crippen LogP contribution in [0.1, 0.15) is 37.7 Å². The van der Waals surface area contributed by atoms with Crippen molar-refractivity contribution in [1.82, 2.24) is 15.1 Å². The Hall–Kier alpha value is -0.970. The lowest BCUT2D eigenvalue weighted by molar-refractivity contribution is 0.132. The van der Waals surface area contributed by atoms with Crippen LogP contribution in [0.25, 0.3) is 0 Å². The van der Waals surface area contributed by atoms with Gasteiger partial charge in [-0.25, -0.2) is 4.79 Å². The number of nitrogens with zero attached hydrogens (tertiary/aromatic N) is 2. The molecule has 1 aromatic rings. The van der Waals surface area contributed by atoms with E-state index in [1.807, 2.05) is 23.1 Å². The molecule has 1 aliphatic heterocycles. The lowest BCUT2D eigenvalue weighted by Gasteiger charge is -2.36. The fourth-order valence-corrected chi connectivity index (χ4v) is 4.05. The molecule has 6 heteroatoms. The van der Waals surface area contributed by atoms with Crippen molar-refractivity contribution in [3.63, 3.8) is 0 Å². The molecule has 24 heavy (non-hydrogen) atoms. The molecule has 1 heterocycles. The standard InChI is InChI=1S/C18H25Cl2N3O/c19-16-7-4-8-17(20)15(16)13-22-9-11-23(12-10-22)18(24)21-14-5-2-1-3-6-14/h4,7-8,14H,1-3,5-6,9-13H2,(H,21,24). The van der Waals surface area contributed by atoms with Gasteiger partial charge in [-0.05, 0) is 25.0 Å². The number of urea groups is 1. The van der Waals surface area contributed by atoms with Gasteiger partial charge in [0.2, 0.25) is 0 Å². The van der Waals surface area contributed by atoms with Gasteiger partial charge in [-0.15, -0.1) is 0 Å². The third-order valence-corrected chi connectivity index (χ3v) is 5.74. The number of hydrogen-bond donors (Lipinski definition) is 1. The highest BCUT2D eigenvalue weighted by atomic mass is 35.5. The van der Waals surface area contributed by atoms with E-state index >= 15 is 0 Å². The van der Waals surface area contributed by atoms with Crippen molar-refractivity contribution in [3.05, 3.63) is 33.8 Å². The number of piperazine rings is 1.